The molecule has 0 saturated carbocycles. The van der Waals surface area contributed by atoms with Gasteiger partial charge in [0.15, 0.2) is 11.6 Å². The number of halogens is 2. The first kappa shape index (κ1) is 13.8. The molecule has 0 unspecified atom stereocenters. The highest BCUT2D eigenvalue weighted by molar-refractivity contribution is 6.43. The van der Waals surface area contributed by atoms with E-state index in [0.717, 1.165) is 0 Å². The Hall–Kier alpha value is -2.17. The largest absolute Gasteiger partial charge is 0.478 e. The maximum absolute atomic E-state index is 12.6. The van der Waals surface area contributed by atoms with E-state index in [-0.39, 0.29) is 37.9 Å². The van der Waals surface area contributed by atoms with Gasteiger partial charge < -0.3 is 5.11 Å². The van der Waals surface area contributed by atoms with Gasteiger partial charge in [0.25, 0.3) is 0 Å². The standard InChI is InChI=1S/C15H6Cl2O4/c16-8-3-1-2-6-10(8)14(19)11-7(15(20)21)4-5-9(17)12(11)13(6)18/h1-5H,(H,20,21). The zero-order valence-corrected chi connectivity index (χ0v) is 11.8. The molecule has 0 spiro atoms. The van der Waals surface area contributed by atoms with Crippen molar-refractivity contribution in [1.29, 1.82) is 0 Å². The fourth-order valence-electron chi connectivity index (χ4n) is 2.42. The van der Waals surface area contributed by atoms with Crippen LogP contribution in [0, 0.1) is 0 Å². The third-order valence-electron chi connectivity index (χ3n) is 3.32. The fourth-order valence-corrected chi connectivity index (χ4v) is 2.92. The van der Waals surface area contributed by atoms with Crippen molar-refractivity contribution in [2.75, 3.05) is 0 Å². The first-order valence-electron chi connectivity index (χ1n) is 5.87. The van der Waals surface area contributed by atoms with Crippen LogP contribution in [-0.4, -0.2) is 22.6 Å². The van der Waals surface area contributed by atoms with Gasteiger partial charge in [-0.3, -0.25) is 9.59 Å². The van der Waals surface area contributed by atoms with E-state index < -0.39 is 17.5 Å². The molecule has 3 rings (SSSR count). The van der Waals surface area contributed by atoms with Gasteiger partial charge in [-0.1, -0.05) is 35.3 Å². The Morgan fingerprint density at radius 1 is 0.857 bits per heavy atom. The summed E-state index contributed by atoms with van der Waals surface area (Å²) in [5.41, 5.74) is -0.416. The van der Waals surface area contributed by atoms with E-state index in [1.807, 2.05) is 0 Å². The maximum atomic E-state index is 12.6. The number of carboxylic acids is 1. The summed E-state index contributed by atoms with van der Waals surface area (Å²) in [4.78, 5) is 36.4. The van der Waals surface area contributed by atoms with Crippen LogP contribution < -0.4 is 0 Å². The number of benzene rings is 2. The van der Waals surface area contributed by atoms with Crippen molar-refractivity contribution in [2.45, 2.75) is 0 Å². The molecule has 0 fully saturated rings. The van der Waals surface area contributed by atoms with Crippen LogP contribution in [0.2, 0.25) is 10.0 Å². The Labute approximate surface area is 128 Å². The quantitative estimate of drug-likeness (QED) is 0.745. The van der Waals surface area contributed by atoms with Gasteiger partial charge in [-0.2, -0.15) is 0 Å². The van der Waals surface area contributed by atoms with Gasteiger partial charge in [0, 0.05) is 11.1 Å². The highest BCUT2D eigenvalue weighted by Gasteiger charge is 2.36. The average molecular weight is 321 g/mol. The van der Waals surface area contributed by atoms with Gasteiger partial charge in [0.05, 0.1) is 26.7 Å². The van der Waals surface area contributed by atoms with Crippen LogP contribution >= 0.6 is 23.2 Å². The van der Waals surface area contributed by atoms with Crippen molar-refractivity contribution in [3.63, 3.8) is 0 Å². The molecular formula is C15H6Cl2O4. The molecule has 6 heteroatoms. The summed E-state index contributed by atoms with van der Waals surface area (Å²) < 4.78 is 0. The molecule has 0 saturated heterocycles. The molecule has 0 aromatic heterocycles. The van der Waals surface area contributed by atoms with E-state index in [0.29, 0.717) is 0 Å². The van der Waals surface area contributed by atoms with Gasteiger partial charge in [-0.05, 0) is 18.2 Å². The van der Waals surface area contributed by atoms with Gasteiger partial charge in [-0.25, -0.2) is 4.79 Å². The number of carbonyl (C=O) groups is 3. The predicted molar refractivity (Wildman–Crippen MR) is 76.7 cm³/mol. The van der Waals surface area contributed by atoms with Crippen molar-refractivity contribution >= 4 is 40.7 Å². The molecule has 0 bridgehead atoms. The van der Waals surface area contributed by atoms with Gasteiger partial charge in [0.2, 0.25) is 0 Å². The minimum absolute atomic E-state index is 0.0152. The smallest absolute Gasteiger partial charge is 0.336 e. The predicted octanol–water partition coefficient (Wildman–Crippen LogP) is 3.47. The van der Waals surface area contributed by atoms with Crippen LogP contribution in [0.4, 0.5) is 0 Å². The van der Waals surface area contributed by atoms with E-state index in [4.69, 9.17) is 23.2 Å². The van der Waals surface area contributed by atoms with Gasteiger partial charge in [0.1, 0.15) is 0 Å². The van der Waals surface area contributed by atoms with E-state index >= 15 is 0 Å². The van der Waals surface area contributed by atoms with E-state index in [1.165, 1.54) is 24.3 Å². The lowest BCUT2D eigenvalue weighted by molar-refractivity contribution is 0.0692. The molecule has 4 nitrogen and oxygen atoms in total. The number of hydrogen-bond donors (Lipinski definition) is 1. The lowest BCUT2D eigenvalue weighted by atomic mass is 9.81. The molecule has 104 valence electrons. The first-order valence-corrected chi connectivity index (χ1v) is 6.62. The summed E-state index contributed by atoms with van der Waals surface area (Å²) in [6, 6.07) is 6.99. The molecule has 0 heterocycles. The molecule has 0 aliphatic heterocycles. The number of aromatic carboxylic acids is 1. The number of carboxylic acid groups (broad SMARTS) is 1. The average Bonchev–Trinajstić information content (AvgIpc) is 2.44. The lowest BCUT2D eigenvalue weighted by Gasteiger charge is -2.20. The molecule has 0 amide bonds. The van der Waals surface area contributed by atoms with Crippen LogP contribution in [0.25, 0.3) is 0 Å². The zero-order valence-electron chi connectivity index (χ0n) is 10.3. The molecule has 21 heavy (non-hydrogen) atoms. The molecular weight excluding hydrogens is 315 g/mol. The van der Waals surface area contributed by atoms with Crippen molar-refractivity contribution in [3.05, 3.63) is 68.2 Å². The van der Waals surface area contributed by atoms with E-state index in [9.17, 15) is 19.5 Å². The van der Waals surface area contributed by atoms with Gasteiger partial charge in [-0.15, -0.1) is 0 Å². The highest BCUT2D eigenvalue weighted by Crippen LogP contribution is 2.36. The number of rotatable bonds is 1. The van der Waals surface area contributed by atoms with E-state index in [1.54, 1.807) is 6.07 Å². The summed E-state index contributed by atoms with van der Waals surface area (Å²) >= 11 is 12.0. The normalized spacial score (nSPS) is 12.9. The summed E-state index contributed by atoms with van der Waals surface area (Å²) in [6.45, 7) is 0. The second-order valence-corrected chi connectivity index (χ2v) is 5.29. The topological polar surface area (TPSA) is 71.4 Å². The van der Waals surface area contributed by atoms with Crippen molar-refractivity contribution in [3.8, 4) is 0 Å². The monoisotopic (exact) mass is 320 g/mol. The number of ketones is 2. The Balaban J connectivity index is 2.44. The highest BCUT2D eigenvalue weighted by atomic mass is 35.5. The van der Waals surface area contributed by atoms with Gasteiger partial charge >= 0.3 is 5.97 Å². The van der Waals surface area contributed by atoms with Crippen LogP contribution in [0.1, 0.15) is 42.2 Å². The molecule has 1 aliphatic rings. The van der Waals surface area contributed by atoms with Crippen molar-refractivity contribution in [2.24, 2.45) is 0 Å². The second kappa shape index (κ2) is 4.69. The zero-order chi connectivity index (χ0) is 15.3. The fraction of sp³-hybridized carbons (Fsp3) is 0. The van der Waals surface area contributed by atoms with Crippen LogP contribution in [0.15, 0.2) is 30.3 Å². The third-order valence-corrected chi connectivity index (χ3v) is 3.95. The Kier molecular flexibility index (Phi) is 3.08. The lowest BCUT2D eigenvalue weighted by Crippen LogP contribution is -2.24. The van der Waals surface area contributed by atoms with Crippen molar-refractivity contribution < 1.29 is 19.5 Å². The maximum Gasteiger partial charge on any atom is 0.336 e. The Morgan fingerprint density at radius 3 is 2.19 bits per heavy atom. The second-order valence-electron chi connectivity index (χ2n) is 4.47. The molecule has 2 aromatic rings. The molecule has 0 atom stereocenters. The minimum Gasteiger partial charge on any atom is -0.478 e. The summed E-state index contributed by atoms with van der Waals surface area (Å²) in [7, 11) is 0. The van der Waals surface area contributed by atoms with Crippen LogP contribution in [0.5, 0.6) is 0 Å². The molecule has 2 aromatic carbocycles. The van der Waals surface area contributed by atoms with Crippen molar-refractivity contribution in [1.82, 2.24) is 0 Å². The van der Waals surface area contributed by atoms with Crippen LogP contribution in [0.3, 0.4) is 0 Å². The molecule has 0 radical (unpaired) electrons. The number of fused-ring (bicyclic) bond motifs is 2. The molecule has 1 N–H and O–H groups in total. The Morgan fingerprint density at radius 2 is 1.52 bits per heavy atom. The SMILES string of the molecule is O=C(O)c1ccc(Cl)c2c1C(=O)c1c(Cl)cccc1C2=O. The number of carbonyl (C=O) groups excluding carboxylic acids is 2. The summed E-state index contributed by atoms with van der Waals surface area (Å²) in [5.74, 6) is -2.42. The molecule has 1 aliphatic carbocycles. The summed E-state index contributed by atoms with van der Waals surface area (Å²) in [6.07, 6.45) is 0. The Bertz CT molecular complexity index is 840. The summed E-state index contributed by atoms with van der Waals surface area (Å²) in [5, 5.41) is 9.36. The van der Waals surface area contributed by atoms with E-state index in [2.05, 4.69) is 0 Å². The third kappa shape index (κ3) is 1.87. The number of hydrogen-bond acceptors (Lipinski definition) is 3. The van der Waals surface area contributed by atoms with Crippen LogP contribution in [-0.2, 0) is 0 Å². The first-order chi connectivity index (χ1) is 9.93. The minimum atomic E-state index is -1.31.